The molecule has 0 unspecified atom stereocenters. The summed E-state index contributed by atoms with van der Waals surface area (Å²) in [5.74, 6) is 0.0374. The van der Waals surface area contributed by atoms with Gasteiger partial charge in [-0.1, -0.05) is 25.0 Å². The lowest BCUT2D eigenvalue weighted by atomic mass is 10.0. The van der Waals surface area contributed by atoms with Crippen molar-refractivity contribution in [3.05, 3.63) is 29.8 Å². The molecule has 1 atom stereocenters. The van der Waals surface area contributed by atoms with Crippen molar-refractivity contribution in [3.8, 4) is 0 Å². The Morgan fingerprint density at radius 1 is 1.07 bits per heavy atom. The van der Waals surface area contributed by atoms with Gasteiger partial charge in [-0.25, -0.2) is 0 Å². The van der Waals surface area contributed by atoms with Gasteiger partial charge in [-0.2, -0.15) is 0 Å². The molecule has 1 saturated carbocycles. The van der Waals surface area contributed by atoms with Crippen LogP contribution in [0.5, 0.6) is 0 Å². The number of nitrogens with one attached hydrogen (secondary N) is 2. The molecule has 3 fully saturated rings. The highest BCUT2D eigenvalue weighted by atomic mass is 16.2. The van der Waals surface area contributed by atoms with Gasteiger partial charge in [-0.15, -0.1) is 0 Å². The first kappa shape index (κ1) is 19.9. The summed E-state index contributed by atoms with van der Waals surface area (Å²) >= 11 is 0. The third kappa shape index (κ3) is 4.61. The number of benzene rings is 1. The molecule has 1 aromatic rings. The van der Waals surface area contributed by atoms with Gasteiger partial charge in [0.2, 0.25) is 17.7 Å². The molecular weight excluding hydrogens is 368 g/mol. The van der Waals surface area contributed by atoms with Gasteiger partial charge in [0.05, 0.1) is 12.5 Å². The van der Waals surface area contributed by atoms with Crippen molar-refractivity contribution in [2.75, 3.05) is 24.5 Å². The lowest BCUT2D eigenvalue weighted by molar-refractivity contribution is -0.135. The second kappa shape index (κ2) is 8.95. The summed E-state index contributed by atoms with van der Waals surface area (Å²) in [4.78, 5) is 40.8. The maximum atomic E-state index is 12.5. The molecule has 156 valence electrons. The molecule has 1 aromatic carbocycles. The van der Waals surface area contributed by atoms with E-state index in [0.717, 1.165) is 43.6 Å². The molecule has 2 aliphatic heterocycles. The molecule has 0 radical (unpaired) electrons. The predicted molar refractivity (Wildman–Crippen MR) is 110 cm³/mol. The third-order valence-electron chi connectivity index (χ3n) is 6.36. The Kier molecular flexibility index (Phi) is 6.13. The van der Waals surface area contributed by atoms with Gasteiger partial charge in [-0.3, -0.25) is 19.3 Å². The Balaban J connectivity index is 1.30. The fraction of sp³-hybridized carbons (Fsp3) is 0.591. The van der Waals surface area contributed by atoms with E-state index >= 15 is 0 Å². The zero-order valence-electron chi connectivity index (χ0n) is 16.9. The SMILES string of the molecule is O=C(C[C@@H]1C(=O)NCCN1C1CCCC1)NCc1ccc(N2CCCC2=O)cc1. The zero-order chi connectivity index (χ0) is 20.2. The number of hydrogen-bond donors (Lipinski definition) is 2. The summed E-state index contributed by atoms with van der Waals surface area (Å²) in [7, 11) is 0. The summed E-state index contributed by atoms with van der Waals surface area (Å²) in [6.07, 6.45) is 6.38. The molecule has 1 aliphatic carbocycles. The molecule has 2 saturated heterocycles. The number of nitrogens with zero attached hydrogens (tertiary/aromatic N) is 2. The van der Waals surface area contributed by atoms with Crippen molar-refractivity contribution in [2.45, 2.75) is 63.6 Å². The molecule has 0 aromatic heterocycles. The highest BCUT2D eigenvalue weighted by Crippen LogP contribution is 2.27. The van der Waals surface area contributed by atoms with Crippen LogP contribution >= 0.6 is 0 Å². The molecule has 4 rings (SSSR count). The second-order valence-corrected chi connectivity index (χ2v) is 8.28. The predicted octanol–water partition coefficient (Wildman–Crippen LogP) is 1.56. The molecule has 0 bridgehead atoms. The van der Waals surface area contributed by atoms with E-state index in [2.05, 4.69) is 15.5 Å². The zero-order valence-corrected chi connectivity index (χ0v) is 16.9. The lowest BCUT2D eigenvalue weighted by Crippen LogP contribution is -2.59. The number of hydrogen-bond acceptors (Lipinski definition) is 4. The standard InChI is InChI=1S/C22H30N4O3/c27-20(14-19-22(29)23-11-13-25(19)17-4-1-2-5-17)24-15-16-7-9-18(10-8-16)26-12-3-6-21(26)28/h7-10,17,19H,1-6,11-15H2,(H,23,29)(H,24,27)/t19-/m1/s1. The average Bonchev–Trinajstić information content (AvgIpc) is 3.40. The number of rotatable bonds is 6. The van der Waals surface area contributed by atoms with E-state index in [4.69, 9.17) is 0 Å². The minimum Gasteiger partial charge on any atom is -0.353 e. The first-order valence-corrected chi connectivity index (χ1v) is 10.8. The Morgan fingerprint density at radius 2 is 1.83 bits per heavy atom. The van der Waals surface area contributed by atoms with E-state index in [-0.39, 0.29) is 30.2 Å². The van der Waals surface area contributed by atoms with Crippen molar-refractivity contribution < 1.29 is 14.4 Å². The number of piperazine rings is 1. The minimum absolute atomic E-state index is 0.0297. The summed E-state index contributed by atoms with van der Waals surface area (Å²) in [6, 6.07) is 7.82. The Bertz CT molecular complexity index is 758. The van der Waals surface area contributed by atoms with E-state index in [1.54, 1.807) is 0 Å². The molecule has 29 heavy (non-hydrogen) atoms. The Labute approximate surface area is 171 Å². The smallest absolute Gasteiger partial charge is 0.237 e. The molecule has 7 heteroatoms. The quantitative estimate of drug-likeness (QED) is 0.762. The van der Waals surface area contributed by atoms with Crippen LogP contribution in [0, 0.1) is 0 Å². The largest absolute Gasteiger partial charge is 0.353 e. The Morgan fingerprint density at radius 3 is 2.52 bits per heavy atom. The van der Waals surface area contributed by atoms with E-state index in [1.165, 1.54) is 12.8 Å². The van der Waals surface area contributed by atoms with Gasteiger partial charge >= 0.3 is 0 Å². The van der Waals surface area contributed by atoms with Crippen LogP contribution in [0.3, 0.4) is 0 Å². The summed E-state index contributed by atoms with van der Waals surface area (Å²) < 4.78 is 0. The van der Waals surface area contributed by atoms with Crippen molar-refractivity contribution >= 4 is 23.4 Å². The molecule has 2 N–H and O–H groups in total. The third-order valence-corrected chi connectivity index (χ3v) is 6.36. The summed E-state index contributed by atoms with van der Waals surface area (Å²) in [5.41, 5.74) is 1.89. The summed E-state index contributed by atoms with van der Waals surface area (Å²) in [6.45, 7) is 2.69. The monoisotopic (exact) mass is 398 g/mol. The maximum absolute atomic E-state index is 12.5. The lowest BCUT2D eigenvalue weighted by Gasteiger charge is -2.38. The fourth-order valence-corrected chi connectivity index (χ4v) is 4.78. The van der Waals surface area contributed by atoms with Crippen molar-refractivity contribution in [3.63, 3.8) is 0 Å². The number of carbonyl (C=O) groups excluding carboxylic acids is 3. The van der Waals surface area contributed by atoms with Gasteiger partial charge in [0.15, 0.2) is 0 Å². The van der Waals surface area contributed by atoms with Crippen LogP contribution in [0.1, 0.15) is 50.5 Å². The van der Waals surface area contributed by atoms with Crippen LogP contribution in [-0.2, 0) is 20.9 Å². The minimum atomic E-state index is -0.365. The maximum Gasteiger partial charge on any atom is 0.237 e. The van der Waals surface area contributed by atoms with Gasteiger partial charge in [0.25, 0.3) is 0 Å². The van der Waals surface area contributed by atoms with Gasteiger partial charge < -0.3 is 15.5 Å². The van der Waals surface area contributed by atoms with E-state index in [0.29, 0.717) is 25.6 Å². The van der Waals surface area contributed by atoms with Gasteiger partial charge in [0.1, 0.15) is 0 Å². The molecule has 2 heterocycles. The molecule has 3 aliphatic rings. The van der Waals surface area contributed by atoms with Gasteiger partial charge in [-0.05, 0) is 37.0 Å². The van der Waals surface area contributed by atoms with Crippen molar-refractivity contribution in [1.82, 2.24) is 15.5 Å². The topological polar surface area (TPSA) is 81.8 Å². The van der Waals surface area contributed by atoms with Crippen molar-refractivity contribution in [2.24, 2.45) is 0 Å². The van der Waals surface area contributed by atoms with Crippen LogP contribution < -0.4 is 15.5 Å². The molecule has 0 spiro atoms. The van der Waals surface area contributed by atoms with Crippen LogP contribution in [0.4, 0.5) is 5.69 Å². The van der Waals surface area contributed by atoms with Crippen LogP contribution in [0.15, 0.2) is 24.3 Å². The van der Waals surface area contributed by atoms with Crippen LogP contribution in [0.2, 0.25) is 0 Å². The van der Waals surface area contributed by atoms with Crippen LogP contribution in [-0.4, -0.2) is 54.3 Å². The normalized spacial score (nSPS) is 23.4. The Hall–Kier alpha value is -2.41. The van der Waals surface area contributed by atoms with E-state index in [9.17, 15) is 14.4 Å². The highest BCUT2D eigenvalue weighted by molar-refractivity contribution is 5.95. The van der Waals surface area contributed by atoms with Gasteiger partial charge in [0, 0.05) is 44.3 Å². The summed E-state index contributed by atoms with van der Waals surface area (Å²) in [5, 5.41) is 5.86. The fourth-order valence-electron chi connectivity index (χ4n) is 4.78. The number of anilines is 1. The number of amides is 3. The van der Waals surface area contributed by atoms with E-state index < -0.39 is 0 Å². The van der Waals surface area contributed by atoms with Crippen LogP contribution in [0.25, 0.3) is 0 Å². The highest BCUT2D eigenvalue weighted by Gasteiger charge is 2.36. The molecule has 7 nitrogen and oxygen atoms in total. The second-order valence-electron chi connectivity index (χ2n) is 8.28. The first-order valence-electron chi connectivity index (χ1n) is 10.8. The molecular formula is C22H30N4O3. The number of carbonyl (C=O) groups is 3. The molecule has 3 amide bonds. The average molecular weight is 399 g/mol. The first-order chi connectivity index (χ1) is 14.1. The van der Waals surface area contributed by atoms with Crippen molar-refractivity contribution in [1.29, 1.82) is 0 Å². The van der Waals surface area contributed by atoms with E-state index in [1.807, 2.05) is 29.2 Å².